The van der Waals surface area contributed by atoms with Crippen molar-refractivity contribution in [2.45, 2.75) is 38.1 Å². The molecule has 0 bridgehead atoms. The van der Waals surface area contributed by atoms with Crippen LogP contribution in [0.25, 0.3) is 0 Å². The highest BCUT2D eigenvalue weighted by Gasteiger charge is 2.41. The Morgan fingerprint density at radius 1 is 1.60 bits per heavy atom. The van der Waals surface area contributed by atoms with Gasteiger partial charge in [-0.2, -0.15) is 0 Å². The van der Waals surface area contributed by atoms with Crippen molar-refractivity contribution in [3.8, 4) is 0 Å². The molecule has 0 spiro atoms. The Bertz CT molecular complexity index is 230. The van der Waals surface area contributed by atoms with E-state index in [1.807, 2.05) is 0 Å². The molecule has 0 aromatic carbocycles. The minimum absolute atomic E-state index is 0.128. The van der Waals surface area contributed by atoms with E-state index < -0.39 is 5.54 Å². The predicted octanol–water partition coefficient (Wildman–Crippen LogP) is 1.88. The van der Waals surface area contributed by atoms with Crippen LogP contribution in [0.4, 0.5) is 0 Å². The molecular formula is C12H21NO2. The molecule has 0 saturated heterocycles. The third-order valence-electron chi connectivity index (χ3n) is 3.29. The van der Waals surface area contributed by atoms with Crippen molar-refractivity contribution in [2.75, 3.05) is 13.7 Å². The fourth-order valence-electron chi connectivity index (χ4n) is 2.17. The summed E-state index contributed by atoms with van der Waals surface area (Å²) >= 11 is 0. The summed E-state index contributed by atoms with van der Waals surface area (Å²) in [6, 6.07) is 0. The fraction of sp³-hybridized carbons (Fsp3) is 0.750. The monoisotopic (exact) mass is 211 g/mol. The van der Waals surface area contributed by atoms with Crippen molar-refractivity contribution in [2.24, 2.45) is 5.92 Å². The summed E-state index contributed by atoms with van der Waals surface area (Å²) in [6.07, 6.45) is 5.69. The summed E-state index contributed by atoms with van der Waals surface area (Å²) in [5.41, 5.74) is -0.463. The molecule has 1 aliphatic rings. The van der Waals surface area contributed by atoms with E-state index in [0.717, 1.165) is 25.7 Å². The third kappa shape index (κ3) is 2.81. The number of rotatable bonds is 4. The molecule has 0 unspecified atom stereocenters. The van der Waals surface area contributed by atoms with E-state index in [-0.39, 0.29) is 5.97 Å². The van der Waals surface area contributed by atoms with E-state index in [1.54, 1.807) is 6.08 Å². The van der Waals surface area contributed by atoms with E-state index in [4.69, 9.17) is 4.74 Å². The number of carbonyl (C=O) groups excluding carboxylic acids is 1. The molecule has 1 rings (SSSR count). The molecule has 0 radical (unpaired) electrons. The van der Waals surface area contributed by atoms with E-state index in [2.05, 4.69) is 18.8 Å². The highest BCUT2D eigenvalue weighted by molar-refractivity contribution is 5.80. The number of carbonyl (C=O) groups is 1. The summed E-state index contributed by atoms with van der Waals surface area (Å²) in [6.45, 7) is 6.55. The van der Waals surface area contributed by atoms with Gasteiger partial charge in [-0.25, -0.2) is 0 Å². The van der Waals surface area contributed by atoms with E-state index in [1.165, 1.54) is 7.11 Å². The molecule has 3 heteroatoms. The maximum absolute atomic E-state index is 11.8. The van der Waals surface area contributed by atoms with Gasteiger partial charge in [0.2, 0.25) is 0 Å². The molecule has 15 heavy (non-hydrogen) atoms. The topological polar surface area (TPSA) is 38.3 Å². The summed E-state index contributed by atoms with van der Waals surface area (Å²) < 4.78 is 4.89. The lowest BCUT2D eigenvalue weighted by molar-refractivity contribution is -0.150. The standard InChI is InChI=1S/C12H21NO2/c1-4-9-13-12(11(14)15-3)7-5-10(2)6-8-12/h4,10,13H,1,5-9H2,2-3H3. The SMILES string of the molecule is C=CCNC1(C(=O)OC)CCC(C)CC1. The van der Waals surface area contributed by atoms with Gasteiger partial charge in [0.25, 0.3) is 0 Å². The van der Waals surface area contributed by atoms with Gasteiger partial charge in [-0.1, -0.05) is 13.0 Å². The van der Waals surface area contributed by atoms with Crippen LogP contribution in [-0.4, -0.2) is 25.2 Å². The van der Waals surface area contributed by atoms with Gasteiger partial charge in [-0.05, 0) is 31.6 Å². The van der Waals surface area contributed by atoms with E-state index in [0.29, 0.717) is 12.5 Å². The van der Waals surface area contributed by atoms with Crippen LogP contribution in [0.5, 0.6) is 0 Å². The second-order valence-electron chi connectivity index (χ2n) is 4.43. The fourth-order valence-corrected chi connectivity index (χ4v) is 2.17. The average molecular weight is 211 g/mol. The van der Waals surface area contributed by atoms with Crippen molar-refractivity contribution in [3.05, 3.63) is 12.7 Å². The molecule has 1 N–H and O–H groups in total. The van der Waals surface area contributed by atoms with E-state index >= 15 is 0 Å². The Labute approximate surface area is 91.9 Å². The number of methoxy groups -OCH3 is 1. The smallest absolute Gasteiger partial charge is 0.326 e. The molecule has 1 saturated carbocycles. The quantitative estimate of drug-likeness (QED) is 0.570. The Morgan fingerprint density at radius 3 is 2.67 bits per heavy atom. The van der Waals surface area contributed by atoms with Crippen molar-refractivity contribution in [1.82, 2.24) is 5.32 Å². The first kappa shape index (κ1) is 12.2. The highest BCUT2D eigenvalue weighted by Crippen LogP contribution is 2.32. The molecule has 1 fully saturated rings. The zero-order valence-electron chi connectivity index (χ0n) is 9.71. The van der Waals surface area contributed by atoms with Crippen LogP contribution in [0.2, 0.25) is 0 Å². The largest absolute Gasteiger partial charge is 0.468 e. The second kappa shape index (κ2) is 5.31. The maximum atomic E-state index is 11.8. The van der Waals surface area contributed by atoms with E-state index in [9.17, 15) is 4.79 Å². The summed E-state index contributed by atoms with van der Waals surface area (Å²) in [5.74, 6) is 0.588. The van der Waals surface area contributed by atoms with Gasteiger partial charge in [0.05, 0.1) is 7.11 Å². The van der Waals surface area contributed by atoms with Crippen LogP contribution < -0.4 is 5.32 Å². The predicted molar refractivity (Wildman–Crippen MR) is 60.6 cm³/mol. The molecule has 0 atom stereocenters. The molecule has 0 amide bonds. The van der Waals surface area contributed by atoms with Crippen molar-refractivity contribution >= 4 is 5.97 Å². The van der Waals surface area contributed by atoms with Crippen LogP contribution in [0.3, 0.4) is 0 Å². The Balaban J connectivity index is 2.68. The highest BCUT2D eigenvalue weighted by atomic mass is 16.5. The molecule has 0 aliphatic heterocycles. The minimum Gasteiger partial charge on any atom is -0.468 e. The van der Waals surface area contributed by atoms with Gasteiger partial charge in [0.1, 0.15) is 5.54 Å². The van der Waals surface area contributed by atoms with Crippen molar-refractivity contribution < 1.29 is 9.53 Å². The lowest BCUT2D eigenvalue weighted by Crippen LogP contribution is -2.54. The van der Waals surface area contributed by atoms with Gasteiger partial charge in [0, 0.05) is 6.54 Å². The lowest BCUT2D eigenvalue weighted by Gasteiger charge is -2.37. The molecule has 0 aromatic rings. The summed E-state index contributed by atoms with van der Waals surface area (Å²) in [7, 11) is 1.46. The molecular weight excluding hydrogens is 190 g/mol. The minimum atomic E-state index is -0.463. The van der Waals surface area contributed by atoms with Gasteiger partial charge < -0.3 is 4.74 Å². The van der Waals surface area contributed by atoms with Crippen molar-refractivity contribution in [1.29, 1.82) is 0 Å². The zero-order chi connectivity index (χ0) is 11.3. The third-order valence-corrected chi connectivity index (χ3v) is 3.29. The van der Waals surface area contributed by atoms with Gasteiger partial charge in [-0.3, -0.25) is 10.1 Å². The van der Waals surface area contributed by atoms with Crippen LogP contribution in [-0.2, 0) is 9.53 Å². The first-order valence-corrected chi connectivity index (χ1v) is 5.59. The van der Waals surface area contributed by atoms with Crippen LogP contribution in [0.15, 0.2) is 12.7 Å². The molecule has 0 heterocycles. The number of hydrogen-bond donors (Lipinski definition) is 1. The first-order valence-electron chi connectivity index (χ1n) is 5.59. The van der Waals surface area contributed by atoms with Crippen LogP contribution in [0, 0.1) is 5.92 Å². The Hall–Kier alpha value is -0.830. The number of esters is 1. The maximum Gasteiger partial charge on any atom is 0.326 e. The van der Waals surface area contributed by atoms with Crippen LogP contribution in [0.1, 0.15) is 32.6 Å². The molecule has 1 aliphatic carbocycles. The summed E-state index contributed by atoms with van der Waals surface area (Å²) in [5, 5.41) is 3.26. The first-order chi connectivity index (χ1) is 7.14. The van der Waals surface area contributed by atoms with Gasteiger partial charge in [-0.15, -0.1) is 6.58 Å². The summed E-state index contributed by atoms with van der Waals surface area (Å²) in [4.78, 5) is 11.8. The van der Waals surface area contributed by atoms with Gasteiger partial charge in [0.15, 0.2) is 0 Å². The van der Waals surface area contributed by atoms with Crippen molar-refractivity contribution in [3.63, 3.8) is 0 Å². The second-order valence-corrected chi connectivity index (χ2v) is 4.43. The zero-order valence-corrected chi connectivity index (χ0v) is 9.71. The lowest BCUT2D eigenvalue weighted by atomic mass is 9.77. The van der Waals surface area contributed by atoms with Gasteiger partial charge >= 0.3 is 5.97 Å². The Kier molecular flexibility index (Phi) is 4.33. The molecule has 0 aromatic heterocycles. The van der Waals surface area contributed by atoms with Crippen LogP contribution >= 0.6 is 0 Å². The molecule has 3 nitrogen and oxygen atoms in total. The number of hydrogen-bond acceptors (Lipinski definition) is 3. The number of nitrogens with one attached hydrogen (secondary N) is 1. The Morgan fingerprint density at radius 2 is 2.20 bits per heavy atom. The average Bonchev–Trinajstić information content (AvgIpc) is 2.28. The molecule has 86 valence electrons. The normalized spacial score (nSPS) is 30.9. The number of ether oxygens (including phenoxy) is 1.